The number of carbonyl (C=O) groups is 2. The molecule has 0 aliphatic heterocycles. The van der Waals surface area contributed by atoms with E-state index in [9.17, 15) is 9.59 Å². The van der Waals surface area contributed by atoms with Crippen LogP contribution in [0.1, 0.15) is 27.9 Å². The maximum atomic E-state index is 12.1. The Morgan fingerprint density at radius 2 is 1.35 bits per heavy atom. The summed E-state index contributed by atoms with van der Waals surface area (Å²) in [5.41, 5.74) is 2.93. The minimum absolute atomic E-state index is 0.0998. The summed E-state index contributed by atoms with van der Waals surface area (Å²) < 4.78 is 21.8. The number of nitriles is 1. The lowest BCUT2D eigenvalue weighted by Crippen LogP contribution is -2.27. The predicted octanol–water partition coefficient (Wildman–Crippen LogP) is 1.31. The van der Waals surface area contributed by atoms with Gasteiger partial charge in [-0.3, -0.25) is 9.59 Å². The van der Waals surface area contributed by atoms with Crippen LogP contribution in [0.2, 0.25) is 0 Å². The van der Waals surface area contributed by atoms with E-state index in [0.717, 1.165) is 11.1 Å². The summed E-state index contributed by atoms with van der Waals surface area (Å²) in [5.74, 6) is 5.11. The molecule has 0 unspecified atom stereocenters. The summed E-state index contributed by atoms with van der Waals surface area (Å²) in [6, 6.07) is 15.9. The molecule has 0 aliphatic rings. The summed E-state index contributed by atoms with van der Waals surface area (Å²) in [7, 11) is 0. The molecule has 1 aromatic heterocycles. The van der Waals surface area contributed by atoms with Crippen molar-refractivity contribution in [3.05, 3.63) is 71.5 Å². The fourth-order valence-corrected chi connectivity index (χ4v) is 3.45. The van der Waals surface area contributed by atoms with Gasteiger partial charge in [-0.05, 0) is 29.8 Å². The average molecular weight is 588 g/mol. The number of ether oxygens (including phenoxy) is 4. The van der Waals surface area contributed by atoms with E-state index in [0.29, 0.717) is 82.9 Å². The molecule has 0 saturated carbocycles. The van der Waals surface area contributed by atoms with Gasteiger partial charge in [-0.25, -0.2) is 0 Å². The first kappa shape index (κ1) is 32.7. The second-order valence-electron chi connectivity index (χ2n) is 8.74. The van der Waals surface area contributed by atoms with Gasteiger partial charge in [0.2, 0.25) is 11.7 Å². The van der Waals surface area contributed by atoms with Crippen molar-refractivity contribution in [1.29, 1.82) is 5.26 Å². The van der Waals surface area contributed by atoms with Crippen LogP contribution in [0.5, 0.6) is 0 Å². The number of rotatable bonds is 19. The molecule has 1 heterocycles. The third-order valence-electron chi connectivity index (χ3n) is 5.64. The van der Waals surface area contributed by atoms with E-state index < -0.39 is 0 Å². The molecule has 0 atom stereocenters. The monoisotopic (exact) mass is 587 g/mol. The van der Waals surface area contributed by atoms with E-state index in [1.54, 1.807) is 30.3 Å². The molecule has 0 aliphatic carbocycles. The van der Waals surface area contributed by atoms with Crippen molar-refractivity contribution in [2.75, 3.05) is 59.4 Å². The third kappa shape index (κ3) is 13.6. The molecule has 2 aromatic carbocycles. The lowest BCUT2D eigenvalue weighted by atomic mass is 10.1. The summed E-state index contributed by atoms with van der Waals surface area (Å²) >= 11 is 0. The van der Waals surface area contributed by atoms with Gasteiger partial charge in [0.15, 0.2) is 12.4 Å². The standard InChI is InChI=1S/C30H33N7O6/c31-12-1-2-24-3-9-27(10-4-24)30(39)32-13-15-41-17-19-43-21-20-42-18-16-40-14-11-28(38)33-22-25-5-7-26(8-6-25)29-36-34-23-35-37-29/h3-10,23H,11,13-22H2,(H,32,39)(H,33,38). The first-order chi connectivity index (χ1) is 21.2. The molecular weight excluding hydrogens is 554 g/mol. The third-order valence-corrected chi connectivity index (χ3v) is 5.64. The smallest absolute Gasteiger partial charge is 0.251 e. The van der Waals surface area contributed by atoms with Crippen LogP contribution in [-0.2, 0) is 30.3 Å². The molecule has 0 saturated heterocycles. The zero-order valence-electron chi connectivity index (χ0n) is 23.7. The summed E-state index contributed by atoms with van der Waals surface area (Å²) in [6.45, 7) is 3.88. The van der Waals surface area contributed by atoms with Crippen LogP contribution in [0.3, 0.4) is 0 Å². The first-order valence-corrected chi connectivity index (χ1v) is 13.6. The van der Waals surface area contributed by atoms with E-state index in [1.165, 1.54) is 6.33 Å². The maximum absolute atomic E-state index is 12.1. The molecule has 3 rings (SSSR count). The van der Waals surface area contributed by atoms with E-state index in [-0.39, 0.29) is 18.2 Å². The number of amides is 2. The Morgan fingerprint density at radius 1 is 0.744 bits per heavy atom. The van der Waals surface area contributed by atoms with E-state index >= 15 is 0 Å². The number of nitrogens with one attached hydrogen (secondary N) is 2. The van der Waals surface area contributed by atoms with Crippen molar-refractivity contribution >= 4 is 11.8 Å². The molecule has 2 N–H and O–H groups in total. The second kappa shape index (κ2) is 20.1. The molecule has 43 heavy (non-hydrogen) atoms. The van der Waals surface area contributed by atoms with Crippen molar-refractivity contribution in [3.8, 4) is 29.3 Å². The molecule has 0 fully saturated rings. The van der Waals surface area contributed by atoms with Crippen LogP contribution in [-0.4, -0.2) is 91.6 Å². The SMILES string of the molecule is N#CC#Cc1ccc(C(=O)NCCOCCOCCOCCOCCC(=O)NCc2ccc(-c3nncnn3)cc2)cc1. The van der Waals surface area contributed by atoms with E-state index in [4.69, 9.17) is 24.2 Å². The Balaban J connectivity index is 1.08. The number of aromatic nitrogens is 4. The van der Waals surface area contributed by atoms with Crippen LogP contribution >= 0.6 is 0 Å². The predicted molar refractivity (Wildman–Crippen MR) is 154 cm³/mol. The Hall–Kier alpha value is -4.79. The largest absolute Gasteiger partial charge is 0.379 e. The van der Waals surface area contributed by atoms with Gasteiger partial charge in [-0.1, -0.05) is 30.2 Å². The summed E-state index contributed by atoms with van der Waals surface area (Å²) in [6.07, 6.45) is 1.53. The Kier molecular flexibility index (Phi) is 15.3. The number of hydrogen-bond donors (Lipinski definition) is 2. The maximum Gasteiger partial charge on any atom is 0.251 e. The summed E-state index contributed by atoms with van der Waals surface area (Å²) in [4.78, 5) is 24.1. The highest BCUT2D eigenvalue weighted by Gasteiger charge is 2.05. The highest BCUT2D eigenvalue weighted by atomic mass is 16.6. The number of hydrogen-bond acceptors (Lipinski definition) is 11. The normalized spacial score (nSPS) is 10.3. The molecule has 3 aromatic rings. The molecule has 13 nitrogen and oxygen atoms in total. The fourth-order valence-electron chi connectivity index (χ4n) is 3.45. The van der Waals surface area contributed by atoms with Crippen molar-refractivity contribution in [3.63, 3.8) is 0 Å². The summed E-state index contributed by atoms with van der Waals surface area (Å²) in [5, 5.41) is 29.4. The first-order valence-electron chi connectivity index (χ1n) is 13.6. The van der Waals surface area contributed by atoms with Crippen LogP contribution in [0, 0.1) is 23.2 Å². The van der Waals surface area contributed by atoms with E-state index in [2.05, 4.69) is 42.9 Å². The van der Waals surface area contributed by atoms with Gasteiger partial charge in [-0.2, -0.15) is 5.26 Å². The molecule has 0 spiro atoms. The van der Waals surface area contributed by atoms with Crippen molar-refractivity contribution < 1.29 is 28.5 Å². The highest BCUT2D eigenvalue weighted by Crippen LogP contribution is 2.13. The van der Waals surface area contributed by atoms with E-state index in [1.807, 2.05) is 24.3 Å². The molecule has 0 radical (unpaired) electrons. The molecule has 13 heteroatoms. The minimum atomic E-state index is -0.210. The van der Waals surface area contributed by atoms with Gasteiger partial charge >= 0.3 is 0 Å². The van der Waals surface area contributed by atoms with Gasteiger partial charge in [0.1, 0.15) is 0 Å². The van der Waals surface area contributed by atoms with Crippen LogP contribution < -0.4 is 10.6 Å². The van der Waals surface area contributed by atoms with Crippen molar-refractivity contribution in [2.45, 2.75) is 13.0 Å². The van der Waals surface area contributed by atoms with Crippen molar-refractivity contribution in [1.82, 2.24) is 31.0 Å². The lowest BCUT2D eigenvalue weighted by molar-refractivity contribution is -0.122. The van der Waals surface area contributed by atoms with Gasteiger partial charge in [0.25, 0.3) is 5.91 Å². The average Bonchev–Trinajstić information content (AvgIpc) is 3.05. The second-order valence-corrected chi connectivity index (χ2v) is 8.74. The zero-order valence-corrected chi connectivity index (χ0v) is 23.7. The fraction of sp³-hybridized carbons (Fsp3) is 0.367. The molecule has 2 amide bonds. The lowest BCUT2D eigenvalue weighted by Gasteiger charge is -2.09. The molecule has 0 bridgehead atoms. The Bertz CT molecular complexity index is 1350. The van der Waals surface area contributed by atoms with Crippen LogP contribution in [0.4, 0.5) is 0 Å². The topological polar surface area (TPSA) is 170 Å². The Labute approximate surface area is 249 Å². The van der Waals surface area contributed by atoms with Gasteiger partial charge in [0, 0.05) is 42.1 Å². The minimum Gasteiger partial charge on any atom is -0.379 e. The number of benzene rings is 2. The zero-order chi connectivity index (χ0) is 30.4. The van der Waals surface area contributed by atoms with Crippen LogP contribution in [0.25, 0.3) is 11.4 Å². The quantitative estimate of drug-likeness (QED) is 0.153. The molecular formula is C30H33N7O6. The van der Waals surface area contributed by atoms with Gasteiger partial charge in [-0.15, -0.1) is 20.4 Å². The highest BCUT2D eigenvalue weighted by molar-refractivity contribution is 5.94. The molecule has 224 valence electrons. The van der Waals surface area contributed by atoms with Crippen LogP contribution in [0.15, 0.2) is 54.9 Å². The number of carbonyl (C=O) groups excluding carboxylic acids is 2. The van der Waals surface area contributed by atoms with Gasteiger partial charge in [0.05, 0.1) is 52.9 Å². The Morgan fingerprint density at radius 3 is 1.98 bits per heavy atom. The van der Waals surface area contributed by atoms with Gasteiger partial charge < -0.3 is 29.6 Å². The van der Waals surface area contributed by atoms with Crippen molar-refractivity contribution in [2.24, 2.45) is 0 Å². The number of nitrogens with zero attached hydrogens (tertiary/aromatic N) is 5.